The number of hydrogen-bond donors (Lipinski definition) is 0. The standard InChI is InChI=1S/C10H18/c1-6-10(7-2)9(5)8(3)4/h6H,7H2,1-5H3. The zero-order valence-corrected chi connectivity index (χ0v) is 7.78. The maximum absolute atomic E-state index is 2.20. The summed E-state index contributed by atoms with van der Waals surface area (Å²) in [6, 6.07) is 0. The quantitative estimate of drug-likeness (QED) is 0.510. The van der Waals surface area contributed by atoms with E-state index in [-0.39, 0.29) is 0 Å². The molecule has 0 heterocycles. The van der Waals surface area contributed by atoms with Gasteiger partial charge in [-0.15, -0.1) is 0 Å². The van der Waals surface area contributed by atoms with Gasteiger partial charge >= 0.3 is 0 Å². The van der Waals surface area contributed by atoms with Gasteiger partial charge in [0.2, 0.25) is 0 Å². The minimum atomic E-state index is 1.15. The van der Waals surface area contributed by atoms with Gasteiger partial charge in [-0.2, -0.15) is 0 Å². The predicted molar refractivity (Wildman–Crippen MR) is 48.1 cm³/mol. The summed E-state index contributed by atoms with van der Waals surface area (Å²) in [6.45, 7) is 10.8. The Morgan fingerprint density at radius 2 is 1.70 bits per heavy atom. The van der Waals surface area contributed by atoms with E-state index >= 15 is 0 Å². The molecule has 0 aliphatic rings. The second kappa shape index (κ2) is 4.32. The van der Waals surface area contributed by atoms with Crippen molar-refractivity contribution >= 4 is 0 Å². The van der Waals surface area contributed by atoms with Crippen LogP contribution >= 0.6 is 0 Å². The Balaban J connectivity index is 4.48. The molecule has 0 heteroatoms. The molecule has 0 saturated carbocycles. The fourth-order valence-corrected chi connectivity index (χ4v) is 1.01. The van der Waals surface area contributed by atoms with Gasteiger partial charge in [-0.3, -0.25) is 0 Å². The largest absolute Gasteiger partial charge is 0.0842 e. The van der Waals surface area contributed by atoms with Crippen molar-refractivity contribution in [3.05, 3.63) is 22.8 Å². The Hall–Kier alpha value is -0.520. The van der Waals surface area contributed by atoms with Crippen molar-refractivity contribution in [3.63, 3.8) is 0 Å². The van der Waals surface area contributed by atoms with Crippen LogP contribution in [-0.2, 0) is 0 Å². The third-order valence-electron chi connectivity index (χ3n) is 1.96. The molecule has 0 bridgehead atoms. The van der Waals surface area contributed by atoms with Gasteiger partial charge in [-0.1, -0.05) is 18.6 Å². The van der Waals surface area contributed by atoms with Crippen molar-refractivity contribution in [2.75, 3.05) is 0 Å². The highest BCUT2D eigenvalue weighted by Crippen LogP contribution is 2.16. The van der Waals surface area contributed by atoms with E-state index in [0.29, 0.717) is 0 Å². The molecule has 10 heavy (non-hydrogen) atoms. The molecule has 0 amide bonds. The average molecular weight is 138 g/mol. The van der Waals surface area contributed by atoms with E-state index in [0.717, 1.165) is 6.42 Å². The average Bonchev–Trinajstić information content (AvgIpc) is 1.90. The lowest BCUT2D eigenvalue weighted by Crippen LogP contribution is -1.85. The topological polar surface area (TPSA) is 0 Å². The summed E-state index contributed by atoms with van der Waals surface area (Å²) in [6.07, 6.45) is 3.34. The molecule has 0 atom stereocenters. The number of hydrogen-bond acceptors (Lipinski definition) is 0. The molecule has 0 spiro atoms. The second-order valence-corrected chi connectivity index (χ2v) is 2.79. The minimum Gasteiger partial charge on any atom is -0.0842 e. The van der Waals surface area contributed by atoms with Crippen LogP contribution < -0.4 is 0 Å². The molecular formula is C10H18. The van der Waals surface area contributed by atoms with Crippen LogP contribution in [0.1, 0.15) is 41.0 Å². The first-order chi connectivity index (χ1) is 4.63. The third-order valence-corrected chi connectivity index (χ3v) is 1.96. The van der Waals surface area contributed by atoms with E-state index in [1.54, 1.807) is 0 Å². The molecule has 58 valence electrons. The van der Waals surface area contributed by atoms with E-state index in [4.69, 9.17) is 0 Å². The Morgan fingerprint density at radius 3 is 1.80 bits per heavy atom. The molecule has 0 rings (SSSR count). The molecule has 0 aromatic rings. The summed E-state index contributed by atoms with van der Waals surface area (Å²) in [5.41, 5.74) is 4.35. The van der Waals surface area contributed by atoms with Crippen molar-refractivity contribution in [1.82, 2.24) is 0 Å². The molecule has 0 radical (unpaired) electrons. The smallest absolute Gasteiger partial charge is 0.0308 e. The van der Waals surface area contributed by atoms with Crippen LogP contribution in [-0.4, -0.2) is 0 Å². The van der Waals surface area contributed by atoms with Crippen molar-refractivity contribution in [2.45, 2.75) is 41.0 Å². The van der Waals surface area contributed by atoms with Gasteiger partial charge in [0.15, 0.2) is 0 Å². The summed E-state index contributed by atoms with van der Waals surface area (Å²) in [5, 5.41) is 0. The van der Waals surface area contributed by atoms with E-state index in [1.807, 2.05) is 0 Å². The number of rotatable bonds is 2. The molecule has 0 unspecified atom stereocenters. The van der Waals surface area contributed by atoms with Gasteiger partial charge in [-0.25, -0.2) is 0 Å². The monoisotopic (exact) mass is 138 g/mol. The van der Waals surface area contributed by atoms with Crippen LogP contribution in [0.4, 0.5) is 0 Å². The van der Waals surface area contributed by atoms with Crippen molar-refractivity contribution in [1.29, 1.82) is 0 Å². The molecule has 0 saturated heterocycles. The Kier molecular flexibility index (Phi) is 4.10. The molecule has 0 N–H and O–H groups in total. The van der Waals surface area contributed by atoms with Crippen LogP contribution in [0.2, 0.25) is 0 Å². The van der Waals surface area contributed by atoms with Crippen LogP contribution in [0.5, 0.6) is 0 Å². The molecule has 0 aromatic carbocycles. The molecule has 0 aliphatic heterocycles. The SMILES string of the molecule is CC=C(CC)C(C)=C(C)C. The lowest BCUT2D eigenvalue weighted by atomic mass is 10.0. The normalized spacial score (nSPS) is 11.5. The summed E-state index contributed by atoms with van der Waals surface area (Å²) in [4.78, 5) is 0. The van der Waals surface area contributed by atoms with E-state index in [9.17, 15) is 0 Å². The van der Waals surface area contributed by atoms with E-state index in [1.165, 1.54) is 16.7 Å². The van der Waals surface area contributed by atoms with Gasteiger partial charge in [-0.05, 0) is 45.3 Å². The first-order valence-corrected chi connectivity index (χ1v) is 3.93. The highest BCUT2D eigenvalue weighted by atomic mass is 14.0. The first-order valence-electron chi connectivity index (χ1n) is 3.93. The van der Waals surface area contributed by atoms with E-state index < -0.39 is 0 Å². The molecule has 0 nitrogen and oxygen atoms in total. The lowest BCUT2D eigenvalue weighted by molar-refractivity contribution is 1.07. The summed E-state index contributed by atoms with van der Waals surface area (Å²) < 4.78 is 0. The van der Waals surface area contributed by atoms with Crippen molar-refractivity contribution in [2.24, 2.45) is 0 Å². The third kappa shape index (κ3) is 2.38. The Bertz CT molecular complexity index is 155. The van der Waals surface area contributed by atoms with Crippen LogP contribution in [0.25, 0.3) is 0 Å². The Labute approximate surface area is 64.6 Å². The summed E-state index contributed by atoms with van der Waals surface area (Å²) >= 11 is 0. The highest BCUT2D eigenvalue weighted by Gasteiger charge is 1.95. The van der Waals surface area contributed by atoms with Gasteiger partial charge in [0.25, 0.3) is 0 Å². The van der Waals surface area contributed by atoms with Crippen molar-refractivity contribution < 1.29 is 0 Å². The Morgan fingerprint density at radius 1 is 1.20 bits per heavy atom. The lowest BCUT2D eigenvalue weighted by Gasteiger charge is -2.05. The summed E-state index contributed by atoms with van der Waals surface area (Å²) in [5.74, 6) is 0. The van der Waals surface area contributed by atoms with E-state index in [2.05, 4.69) is 40.7 Å². The maximum atomic E-state index is 2.20. The zero-order chi connectivity index (χ0) is 8.15. The zero-order valence-electron chi connectivity index (χ0n) is 7.78. The summed E-state index contributed by atoms with van der Waals surface area (Å²) in [7, 11) is 0. The minimum absolute atomic E-state index is 1.15. The van der Waals surface area contributed by atoms with Gasteiger partial charge in [0.05, 0.1) is 0 Å². The molecule has 0 fully saturated rings. The van der Waals surface area contributed by atoms with Gasteiger partial charge < -0.3 is 0 Å². The van der Waals surface area contributed by atoms with Crippen LogP contribution in [0.3, 0.4) is 0 Å². The highest BCUT2D eigenvalue weighted by molar-refractivity contribution is 5.31. The van der Waals surface area contributed by atoms with Crippen LogP contribution in [0, 0.1) is 0 Å². The predicted octanol–water partition coefficient (Wildman–Crippen LogP) is 3.70. The fourth-order valence-electron chi connectivity index (χ4n) is 1.01. The molecule has 0 aliphatic carbocycles. The first kappa shape index (κ1) is 9.48. The number of allylic oxidation sites excluding steroid dienone is 4. The molecular weight excluding hydrogens is 120 g/mol. The van der Waals surface area contributed by atoms with Crippen molar-refractivity contribution in [3.8, 4) is 0 Å². The van der Waals surface area contributed by atoms with Gasteiger partial charge in [0.1, 0.15) is 0 Å². The fraction of sp³-hybridized carbons (Fsp3) is 0.600. The van der Waals surface area contributed by atoms with Gasteiger partial charge in [0, 0.05) is 0 Å². The van der Waals surface area contributed by atoms with Crippen LogP contribution in [0.15, 0.2) is 22.8 Å². The maximum Gasteiger partial charge on any atom is -0.0308 e. The molecule has 0 aromatic heterocycles. The second-order valence-electron chi connectivity index (χ2n) is 2.79.